The summed E-state index contributed by atoms with van der Waals surface area (Å²) >= 11 is 0. The van der Waals surface area contributed by atoms with Gasteiger partial charge in [0.05, 0.1) is 23.5 Å². The molecule has 6 nitrogen and oxygen atoms in total. The number of fused-ring (bicyclic) bond motifs is 7. The van der Waals surface area contributed by atoms with Gasteiger partial charge >= 0.3 is 0 Å². The van der Waals surface area contributed by atoms with Gasteiger partial charge in [-0.2, -0.15) is 0 Å². The summed E-state index contributed by atoms with van der Waals surface area (Å²) < 4.78 is 1.60. The van der Waals surface area contributed by atoms with E-state index in [2.05, 4.69) is 17.1 Å². The van der Waals surface area contributed by atoms with Gasteiger partial charge in [0, 0.05) is 23.0 Å². The summed E-state index contributed by atoms with van der Waals surface area (Å²) in [7, 11) is 0. The van der Waals surface area contributed by atoms with E-state index in [1.807, 2.05) is 35.2 Å². The number of para-hydroxylation sites is 2. The lowest BCUT2D eigenvalue weighted by molar-refractivity contribution is -0.141. The summed E-state index contributed by atoms with van der Waals surface area (Å²) in [5.74, 6) is 0.660. The highest BCUT2D eigenvalue weighted by atomic mass is 16.2. The summed E-state index contributed by atoms with van der Waals surface area (Å²) in [5, 5.41) is 1.74. The summed E-state index contributed by atoms with van der Waals surface area (Å²) in [6.07, 6.45) is 0.655. The first-order chi connectivity index (χ1) is 13.6. The predicted octanol–water partition coefficient (Wildman–Crippen LogP) is 3.08. The van der Waals surface area contributed by atoms with Crippen LogP contribution in [-0.4, -0.2) is 25.3 Å². The molecule has 1 N–H and O–H groups in total. The lowest BCUT2D eigenvalue weighted by Crippen LogP contribution is -2.51. The topological polar surface area (TPSA) is 71.0 Å². The second-order valence-corrected chi connectivity index (χ2v) is 7.65. The minimum Gasteiger partial charge on any atom is -0.357 e. The van der Waals surface area contributed by atoms with Gasteiger partial charge in [0.1, 0.15) is 11.9 Å². The van der Waals surface area contributed by atoms with E-state index in [4.69, 9.17) is 4.98 Å². The Morgan fingerprint density at radius 2 is 1.79 bits per heavy atom. The summed E-state index contributed by atoms with van der Waals surface area (Å²) in [6.45, 7) is 2.31. The fraction of sp³-hybridized carbons (Fsp3) is 0.227. The molecule has 4 heterocycles. The van der Waals surface area contributed by atoms with Crippen LogP contribution in [0, 0.1) is 0 Å². The molecule has 2 aromatic carbocycles. The number of H-pyrrole nitrogens is 1. The molecule has 1 amide bonds. The molecule has 0 unspecified atom stereocenters. The maximum Gasteiger partial charge on any atom is 0.262 e. The highest BCUT2D eigenvalue weighted by Crippen LogP contribution is 2.40. The molecule has 0 saturated heterocycles. The molecule has 6 rings (SSSR count). The Hall–Kier alpha value is -3.41. The molecule has 6 heteroatoms. The SMILES string of the molecule is C[C@@H]1C(=O)N2Cc3[nH]c4ccccc4c3C[C@H]2c2nc3ccccc3c(=O)n21. The van der Waals surface area contributed by atoms with Crippen LogP contribution in [0.25, 0.3) is 21.8 Å². The van der Waals surface area contributed by atoms with Gasteiger partial charge in [-0.15, -0.1) is 0 Å². The zero-order valence-electron chi connectivity index (χ0n) is 15.3. The number of nitrogens with one attached hydrogen (secondary N) is 1. The molecular formula is C22H18N4O2. The number of nitrogens with zero attached hydrogens (tertiary/aromatic N) is 3. The minimum absolute atomic E-state index is 0.0269. The normalized spacial score (nSPS) is 20.9. The first-order valence-corrected chi connectivity index (χ1v) is 9.53. The van der Waals surface area contributed by atoms with Crippen molar-refractivity contribution in [3.8, 4) is 0 Å². The Balaban J connectivity index is 1.62. The van der Waals surface area contributed by atoms with Crippen LogP contribution in [0.5, 0.6) is 0 Å². The first-order valence-electron chi connectivity index (χ1n) is 9.53. The number of aromatic nitrogens is 3. The highest BCUT2D eigenvalue weighted by Gasteiger charge is 2.42. The molecule has 0 aliphatic carbocycles. The van der Waals surface area contributed by atoms with Gasteiger partial charge in [-0.05, 0) is 30.7 Å². The number of amides is 1. The Labute approximate surface area is 160 Å². The molecule has 0 bridgehead atoms. The van der Waals surface area contributed by atoms with Crippen LogP contribution in [0.1, 0.15) is 36.1 Å². The molecule has 0 fully saturated rings. The Kier molecular flexibility index (Phi) is 2.97. The van der Waals surface area contributed by atoms with Crippen molar-refractivity contribution >= 4 is 27.7 Å². The number of hydrogen-bond acceptors (Lipinski definition) is 3. The number of rotatable bonds is 0. The lowest BCUT2D eigenvalue weighted by atomic mass is 9.93. The van der Waals surface area contributed by atoms with Gasteiger partial charge in [-0.25, -0.2) is 4.98 Å². The van der Waals surface area contributed by atoms with E-state index >= 15 is 0 Å². The van der Waals surface area contributed by atoms with E-state index in [1.54, 1.807) is 17.6 Å². The van der Waals surface area contributed by atoms with Crippen molar-refractivity contribution in [1.29, 1.82) is 0 Å². The highest BCUT2D eigenvalue weighted by molar-refractivity contribution is 5.87. The Morgan fingerprint density at radius 3 is 2.64 bits per heavy atom. The molecule has 2 aromatic heterocycles. The minimum atomic E-state index is -0.554. The number of benzene rings is 2. The second-order valence-electron chi connectivity index (χ2n) is 7.65. The molecule has 0 radical (unpaired) electrons. The van der Waals surface area contributed by atoms with Crippen LogP contribution in [0.2, 0.25) is 0 Å². The summed E-state index contributed by atoms with van der Waals surface area (Å²) in [6, 6.07) is 14.8. The van der Waals surface area contributed by atoms with E-state index < -0.39 is 6.04 Å². The maximum absolute atomic E-state index is 13.2. The molecule has 2 aliphatic rings. The van der Waals surface area contributed by atoms with E-state index in [-0.39, 0.29) is 17.5 Å². The maximum atomic E-state index is 13.2. The van der Waals surface area contributed by atoms with Crippen LogP contribution in [-0.2, 0) is 17.8 Å². The van der Waals surface area contributed by atoms with Crippen LogP contribution < -0.4 is 5.56 Å². The van der Waals surface area contributed by atoms with Crippen molar-refractivity contribution in [2.24, 2.45) is 0 Å². The van der Waals surface area contributed by atoms with Crippen molar-refractivity contribution < 1.29 is 4.79 Å². The van der Waals surface area contributed by atoms with Crippen molar-refractivity contribution in [3.05, 3.63) is 76.0 Å². The van der Waals surface area contributed by atoms with Gasteiger partial charge in [-0.3, -0.25) is 14.2 Å². The molecule has 0 spiro atoms. The molecule has 28 heavy (non-hydrogen) atoms. The molecular weight excluding hydrogens is 352 g/mol. The summed E-state index contributed by atoms with van der Waals surface area (Å²) in [4.78, 5) is 36.5. The van der Waals surface area contributed by atoms with Crippen molar-refractivity contribution in [2.45, 2.75) is 32.0 Å². The number of carbonyl (C=O) groups excluding carboxylic acids is 1. The molecule has 0 saturated carbocycles. The van der Waals surface area contributed by atoms with Crippen LogP contribution >= 0.6 is 0 Å². The quantitative estimate of drug-likeness (QED) is 0.517. The fourth-order valence-corrected chi connectivity index (χ4v) is 4.79. The van der Waals surface area contributed by atoms with Crippen LogP contribution in [0.4, 0.5) is 0 Å². The van der Waals surface area contributed by atoms with Crippen LogP contribution in [0.15, 0.2) is 53.3 Å². The standard InChI is InChI=1S/C22H18N4O2/c1-12-21(27)25-11-18-15(13-6-2-4-8-16(13)23-18)10-19(25)20-24-17-9-5-3-7-14(17)22(28)26(12)20/h2-9,12,19,23H,10-11H2,1H3/t12-,19+/m1/s1. The zero-order valence-corrected chi connectivity index (χ0v) is 15.3. The van der Waals surface area contributed by atoms with E-state index in [1.165, 1.54) is 10.9 Å². The number of hydrogen-bond donors (Lipinski definition) is 1. The monoisotopic (exact) mass is 370 g/mol. The van der Waals surface area contributed by atoms with E-state index in [0.29, 0.717) is 29.7 Å². The van der Waals surface area contributed by atoms with Gasteiger partial charge in [0.2, 0.25) is 5.91 Å². The molecule has 2 aliphatic heterocycles. The third-order valence-electron chi connectivity index (χ3n) is 6.17. The van der Waals surface area contributed by atoms with Crippen molar-refractivity contribution in [3.63, 3.8) is 0 Å². The van der Waals surface area contributed by atoms with E-state index in [9.17, 15) is 9.59 Å². The largest absolute Gasteiger partial charge is 0.357 e. The Bertz CT molecular complexity index is 1350. The van der Waals surface area contributed by atoms with Crippen molar-refractivity contribution in [1.82, 2.24) is 19.4 Å². The van der Waals surface area contributed by atoms with Gasteiger partial charge in [0.15, 0.2) is 0 Å². The number of aromatic amines is 1. The molecule has 138 valence electrons. The lowest BCUT2D eigenvalue weighted by Gasteiger charge is -2.42. The predicted molar refractivity (Wildman–Crippen MR) is 106 cm³/mol. The average Bonchev–Trinajstić information content (AvgIpc) is 3.08. The Morgan fingerprint density at radius 1 is 1.04 bits per heavy atom. The zero-order chi connectivity index (χ0) is 19.0. The van der Waals surface area contributed by atoms with Gasteiger partial charge in [-0.1, -0.05) is 30.3 Å². The third-order valence-corrected chi connectivity index (χ3v) is 6.17. The fourth-order valence-electron chi connectivity index (χ4n) is 4.79. The first kappa shape index (κ1) is 15.6. The van der Waals surface area contributed by atoms with Crippen LogP contribution in [0.3, 0.4) is 0 Å². The average molecular weight is 370 g/mol. The second kappa shape index (κ2) is 5.32. The molecule has 4 aromatic rings. The third kappa shape index (κ3) is 1.89. The smallest absolute Gasteiger partial charge is 0.262 e. The van der Waals surface area contributed by atoms with Gasteiger partial charge < -0.3 is 9.88 Å². The van der Waals surface area contributed by atoms with Gasteiger partial charge in [0.25, 0.3) is 5.56 Å². The van der Waals surface area contributed by atoms with E-state index in [0.717, 1.165) is 11.2 Å². The number of carbonyl (C=O) groups is 1. The van der Waals surface area contributed by atoms with Crippen molar-refractivity contribution in [2.75, 3.05) is 0 Å². The summed E-state index contributed by atoms with van der Waals surface area (Å²) in [5.41, 5.74) is 3.93. The molecule has 2 atom stereocenters.